The number of hydrogen-bond acceptors (Lipinski definition) is 5. The lowest BCUT2D eigenvalue weighted by Crippen LogP contribution is -2.46. The van der Waals surface area contributed by atoms with E-state index in [1.165, 1.54) is 6.07 Å². The first-order chi connectivity index (χ1) is 16.3. The molecule has 2 fully saturated rings. The topological polar surface area (TPSA) is 73.0 Å². The number of nitrogens with one attached hydrogen (secondary N) is 1. The maximum Gasteiger partial charge on any atom is 0.255 e. The first-order valence-electron chi connectivity index (χ1n) is 12.3. The Morgan fingerprint density at radius 1 is 0.882 bits per heavy atom. The maximum absolute atomic E-state index is 13.2. The van der Waals surface area contributed by atoms with Crippen LogP contribution in [0, 0.1) is 13.8 Å². The number of carbonyl (C=O) groups is 1. The lowest BCUT2D eigenvalue weighted by Gasteiger charge is -2.35. The molecular weight excluding hydrogens is 448 g/mol. The Bertz CT molecular complexity index is 1130. The third-order valence-corrected chi connectivity index (χ3v) is 9.07. The zero-order chi connectivity index (χ0) is 24.3. The van der Waals surface area contributed by atoms with Crippen LogP contribution in [0.2, 0.25) is 0 Å². The summed E-state index contributed by atoms with van der Waals surface area (Å²) in [6.07, 6.45) is 2.81. The Labute approximate surface area is 203 Å². The summed E-state index contributed by atoms with van der Waals surface area (Å²) in [5.74, 6) is -0.303. The molecule has 8 heteroatoms. The number of amides is 1. The number of rotatable bonds is 6. The average molecular weight is 485 g/mol. The van der Waals surface area contributed by atoms with E-state index in [1.807, 2.05) is 19.1 Å². The molecule has 2 heterocycles. The average Bonchev–Trinajstić information content (AvgIpc) is 2.86. The van der Waals surface area contributed by atoms with Crippen molar-refractivity contribution in [3.05, 3.63) is 53.1 Å². The molecule has 2 aliphatic rings. The van der Waals surface area contributed by atoms with E-state index in [0.717, 1.165) is 68.9 Å². The number of sulfonamides is 1. The Kier molecular flexibility index (Phi) is 7.60. The van der Waals surface area contributed by atoms with Crippen LogP contribution in [0.1, 0.15) is 47.7 Å². The summed E-state index contributed by atoms with van der Waals surface area (Å²) < 4.78 is 28.0. The summed E-state index contributed by atoms with van der Waals surface area (Å²) in [5, 5.41) is 2.98. The molecule has 0 bridgehead atoms. The fourth-order valence-corrected chi connectivity index (χ4v) is 6.53. The smallest absolute Gasteiger partial charge is 0.255 e. The van der Waals surface area contributed by atoms with Gasteiger partial charge in [0.2, 0.25) is 10.0 Å². The van der Waals surface area contributed by atoms with Gasteiger partial charge in [-0.1, -0.05) is 19.4 Å². The number of piperazine rings is 1. The molecule has 0 aliphatic carbocycles. The molecule has 0 aromatic heterocycles. The fourth-order valence-electron chi connectivity index (χ4n) is 4.77. The quantitative estimate of drug-likeness (QED) is 0.674. The van der Waals surface area contributed by atoms with Crippen molar-refractivity contribution in [3.63, 3.8) is 0 Å². The van der Waals surface area contributed by atoms with E-state index in [2.05, 4.69) is 28.1 Å². The van der Waals surface area contributed by atoms with Gasteiger partial charge in [-0.3, -0.25) is 4.79 Å². The summed E-state index contributed by atoms with van der Waals surface area (Å²) >= 11 is 0. The SMILES string of the molecule is CCN1CCN(c2ccc(NC(=O)c3ccc(C)c(S(=O)(=O)N4CCCCC4)c3)c(C)c2)CC1. The van der Waals surface area contributed by atoms with E-state index >= 15 is 0 Å². The van der Waals surface area contributed by atoms with Crippen molar-refractivity contribution in [2.45, 2.75) is 44.9 Å². The van der Waals surface area contributed by atoms with Crippen LogP contribution in [0.4, 0.5) is 11.4 Å². The zero-order valence-electron chi connectivity index (χ0n) is 20.5. The van der Waals surface area contributed by atoms with Gasteiger partial charge < -0.3 is 15.1 Å². The number of likely N-dealkylation sites (N-methyl/N-ethyl adjacent to an activating group) is 1. The molecule has 0 atom stereocenters. The van der Waals surface area contributed by atoms with Crippen molar-refractivity contribution in [2.24, 2.45) is 0 Å². The first-order valence-corrected chi connectivity index (χ1v) is 13.7. The van der Waals surface area contributed by atoms with Crippen molar-refractivity contribution < 1.29 is 13.2 Å². The lowest BCUT2D eigenvalue weighted by atomic mass is 10.1. The summed E-state index contributed by atoms with van der Waals surface area (Å²) in [5.41, 5.74) is 3.89. The number of anilines is 2. The highest BCUT2D eigenvalue weighted by molar-refractivity contribution is 7.89. The molecule has 34 heavy (non-hydrogen) atoms. The molecule has 0 unspecified atom stereocenters. The van der Waals surface area contributed by atoms with Crippen molar-refractivity contribution in [3.8, 4) is 0 Å². The van der Waals surface area contributed by atoms with Crippen LogP contribution in [0.15, 0.2) is 41.3 Å². The van der Waals surface area contributed by atoms with Crippen molar-refractivity contribution in [2.75, 3.05) is 56.0 Å². The number of piperidine rings is 1. The van der Waals surface area contributed by atoms with Gasteiger partial charge in [0, 0.05) is 56.2 Å². The second-order valence-electron chi connectivity index (χ2n) is 9.32. The molecule has 2 aliphatic heterocycles. The number of carbonyl (C=O) groups excluding carboxylic acids is 1. The van der Waals surface area contributed by atoms with Gasteiger partial charge in [-0.05, 0) is 74.7 Å². The van der Waals surface area contributed by atoms with Gasteiger partial charge in [0.05, 0.1) is 4.90 Å². The van der Waals surface area contributed by atoms with Crippen LogP contribution in [0.3, 0.4) is 0 Å². The largest absolute Gasteiger partial charge is 0.369 e. The standard InChI is InChI=1S/C26H36N4O3S/c1-4-28-14-16-29(17-15-28)23-10-11-24(21(3)18-23)27-26(31)22-9-8-20(2)25(19-22)34(32,33)30-12-6-5-7-13-30/h8-11,18-19H,4-7,12-17H2,1-3H3,(H,27,31). The molecule has 184 valence electrons. The number of benzene rings is 2. The van der Waals surface area contributed by atoms with Crippen molar-refractivity contribution in [1.29, 1.82) is 0 Å². The number of nitrogens with zero attached hydrogens (tertiary/aromatic N) is 3. The Hall–Kier alpha value is -2.42. The third-order valence-electron chi connectivity index (χ3n) is 7.03. The second kappa shape index (κ2) is 10.5. The molecule has 0 spiro atoms. The van der Waals surface area contributed by atoms with E-state index in [-0.39, 0.29) is 10.8 Å². The summed E-state index contributed by atoms with van der Waals surface area (Å²) in [6.45, 7) is 12.2. The fraction of sp³-hybridized carbons (Fsp3) is 0.500. The summed E-state index contributed by atoms with van der Waals surface area (Å²) in [4.78, 5) is 18.1. The Balaban J connectivity index is 1.49. The number of aryl methyl sites for hydroxylation is 2. The highest BCUT2D eigenvalue weighted by Gasteiger charge is 2.28. The molecule has 2 aromatic carbocycles. The van der Waals surface area contributed by atoms with Gasteiger partial charge >= 0.3 is 0 Å². The van der Waals surface area contributed by atoms with Crippen LogP contribution >= 0.6 is 0 Å². The maximum atomic E-state index is 13.2. The van der Waals surface area contributed by atoms with Gasteiger partial charge in [-0.2, -0.15) is 4.31 Å². The highest BCUT2D eigenvalue weighted by Crippen LogP contribution is 2.27. The van der Waals surface area contributed by atoms with E-state index < -0.39 is 10.0 Å². The van der Waals surface area contributed by atoms with Gasteiger partial charge in [0.1, 0.15) is 0 Å². The molecule has 1 N–H and O–H groups in total. The predicted molar refractivity (Wildman–Crippen MR) is 137 cm³/mol. The molecular formula is C26H36N4O3S. The van der Waals surface area contributed by atoms with E-state index in [9.17, 15) is 13.2 Å². The lowest BCUT2D eigenvalue weighted by molar-refractivity contribution is 0.102. The third kappa shape index (κ3) is 5.29. The summed E-state index contributed by atoms with van der Waals surface area (Å²) in [6, 6.07) is 11.0. The normalized spacial score (nSPS) is 18.1. The van der Waals surface area contributed by atoms with Crippen LogP contribution in [-0.2, 0) is 10.0 Å². The van der Waals surface area contributed by atoms with Crippen LogP contribution in [-0.4, -0.2) is 69.3 Å². The minimum absolute atomic E-state index is 0.223. The minimum Gasteiger partial charge on any atom is -0.369 e. The van der Waals surface area contributed by atoms with E-state index in [1.54, 1.807) is 23.4 Å². The molecule has 4 rings (SSSR count). The number of hydrogen-bond donors (Lipinski definition) is 1. The van der Waals surface area contributed by atoms with Crippen LogP contribution in [0.25, 0.3) is 0 Å². The van der Waals surface area contributed by atoms with Gasteiger partial charge in [-0.15, -0.1) is 0 Å². The van der Waals surface area contributed by atoms with Gasteiger partial charge in [-0.25, -0.2) is 8.42 Å². The van der Waals surface area contributed by atoms with Gasteiger partial charge in [0.25, 0.3) is 5.91 Å². The van der Waals surface area contributed by atoms with Crippen molar-refractivity contribution >= 4 is 27.3 Å². The predicted octanol–water partition coefficient (Wildman–Crippen LogP) is 3.87. The van der Waals surface area contributed by atoms with Crippen LogP contribution in [0.5, 0.6) is 0 Å². The highest BCUT2D eigenvalue weighted by atomic mass is 32.2. The summed E-state index contributed by atoms with van der Waals surface area (Å²) in [7, 11) is -3.61. The molecule has 7 nitrogen and oxygen atoms in total. The first kappa shape index (κ1) is 24.7. The molecule has 0 radical (unpaired) electrons. The van der Waals surface area contributed by atoms with Crippen molar-refractivity contribution in [1.82, 2.24) is 9.21 Å². The second-order valence-corrected chi connectivity index (χ2v) is 11.2. The molecule has 1 amide bonds. The van der Waals surface area contributed by atoms with E-state index in [4.69, 9.17) is 0 Å². The monoisotopic (exact) mass is 484 g/mol. The Morgan fingerprint density at radius 2 is 1.59 bits per heavy atom. The van der Waals surface area contributed by atoms with Gasteiger partial charge in [0.15, 0.2) is 0 Å². The minimum atomic E-state index is -3.61. The van der Waals surface area contributed by atoms with Crippen LogP contribution < -0.4 is 10.2 Å². The Morgan fingerprint density at radius 3 is 2.24 bits per heavy atom. The molecule has 2 aromatic rings. The molecule has 0 saturated carbocycles. The zero-order valence-corrected chi connectivity index (χ0v) is 21.3. The van der Waals surface area contributed by atoms with E-state index in [0.29, 0.717) is 24.2 Å². The molecule has 2 saturated heterocycles.